The first-order valence-electron chi connectivity index (χ1n) is 6.95. The first kappa shape index (κ1) is 16.3. The fourth-order valence-electron chi connectivity index (χ4n) is 2.11. The molecule has 0 spiro atoms. The molecule has 0 bridgehead atoms. The van der Waals surface area contributed by atoms with Crippen LogP contribution in [0.3, 0.4) is 0 Å². The van der Waals surface area contributed by atoms with Crippen LogP contribution in [-0.4, -0.2) is 6.04 Å². The van der Waals surface area contributed by atoms with Crippen molar-refractivity contribution in [2.24, 2.45) is 5.73 Å². The molecule has 0 aromatic heterocycles. The summed E-state index contributed by atoms with van der Waals surface area (Å²) in [5, 5.41) is 0.710. The highest BCUT2D eigenvalue weighted by atomic mass is 79.9. The van der Waals surface area contributed by atoms with E-state index in [1.165, 1.54) is 0 Å². The molecule has 0 radical (unpaired) electrons. The van der Waals surface area contributed by atoms with Gasteiger partial charge in [-0.05, 0) is 54.8 Å². The fourth-order valence-corrected chi connectivity index (χ4v) is 2.48. The van der Waals surface area contributed by atoms with Gasteiger partial charge in [0.15, 0.2) is 0 Å². The lowest BCUT2D eigenvalue weighted by atomic mass is 10.0. The second-order valence-electron chi connectivity index (χ2n) is 5.07. The van der Waals surface area contributed by atoms with Gasteiger partial charge in [0.25, 0.3) is 0 Å². The quantitative estimate of drug-likeness (QED) is 0.780. The molecular weight excluding hydrogens is 350 g/mol. The zero-order valence-electron chi connectivity index (χ0n) is 12.1. The van der Waals surface area contributed by atoms with Crippen LogP contribution < -0.4 is 10.5 Å². The molecule has 2 N–H and O–H groups in total. The minimum atomic E-state index is -0.187. The van der Waals surface area contributed by atoms with Crippen LogP contribution in [0.25, 0.3) is 0 Å². The Balaban J connectivity index is 2.28. The van der Waals surface area contributed by atoms with E-state index in [4.69, 9.17) is 22.1 Å². The molecule has 0 fully saturated rings. The number of halogens is 2. The van der Waals surface area contributed by atoms with Crippen LogP contribution in [0.4, 0.5) is 0 Å². The van der Waals surface area contributed by atoms with Gasteiger partial charge >= 0.3 is 0 Å². The van der Waals surface area contributed by atoms with E-state index in [2.05, 4.69) is 22.9 Å². The Morgan fingerprint density at radius 2 is 1.86 bits per heavy atom. The Morgan fingerprint density at radius 1 is 1.19 bits per heavy atom. The molecule has 21 heavy (non-hydrogen) atoms. The minimum absolute atomic E-state index is 0.0740. The molecule has 2 unspecified atom stereocenters. The van der Waals surface area contributed by atoms with Gasteiger partial charge < -0.3 is 10.5 Å². The van der Waals surface area contributed by atoms with Crippen molar-refractivity contribution in [3.63, 3.8) is 0 Å². The van der Waals surface area contributed by atoms with E-state index >= 15 is 0 Å². The van der Waals surface area contributed by atoms with Gasteiger partial charge in [-0.15, -0.1) is 0 Å². The Kier molecular flexibility index (Phi) is 5.68. The van der Waals surface area contributed by atoms with Gasteiger partial charge in [0.05, 0.1) is 0 Å². The summed E-state index contributed by atoms with van der Waals surface area (Å²) in [7, 11) is 0. The zero-order chi connectivity index (χ0) is 15.4. The van der Waals surface area contributed by atoms with Crippen LogP contribution in [0.1, 0.15) is 30.6 Å². The normalized spacial score (nSPS) is 13.8. The van der Waals surface area contributed by atoms with Crippen molar-refractivity contribution in [3.8, 4) is 5.75 Å². The number of rotatable bonds is 5. The molecule has 0 amide bonds. The van der Waals surface area contributed by atoms with E-state index in [0.717, 1.165) is 27.8 Å². The smallest absolute Gasteiger partial charge is 0.139 e. The Labute approximate surface area is 139 Å². The van der Waals surface area contributed by atoms with Crippen molar-refractivity contribution in [2.75, 3.05) is 0 Å². The number of ether oxygens (including phenoxy) is 1. The topological polar surface area (TPSA) is 35.2 Å². The molecule has 0 saturated carbocycles. The first-order chi connectivity index (χ1) is 10.0. The highest BCUT2D eigenvalue weighted by molar-refractivity contribution is 9.10. The molecule has 0 aliphatic rings. The van der Waals surface area contributed by atoms with Crippen LogP contribution in [-0.2, 0) is 0 Å². The largest absolute Gasteiger partial charge is 0.484 e. The van der Waals surface area contributed by atoms with E-state index in [1.807, 2.05) is 49.4 Å². The summed E-state index contributed by atoms with van der Waals surface area (Å²) < 4.78 is 7.21. The average Bonchev–Trinajstić information content (AvgIpc) is 2.48. The van der Waals surface area contributed by atoms with Gasteiger partial charge in [-0.3, -0.25) is 0 Å². The standard InChI is InChI=1S/C17H19BrClNO/c1-3-16(20)17(12-4-6-13(19)7-5-12)21-14-8-9-15(18)11(2)10-14/h4-10,16-17H,3,20H2,1-2H3. The van der Waals surface area contributed by atoms with Crippen LogP contribution in [0, 0.1) is 6.92 Å². The van der Waals surface area contributed by atoms with E-state index in [-0.39, 0.29) is 12.1 Å². The van der Waals surface area contributed by atoms with Crippen molar-refractivity contribution in [1.29, 1.82) is 0 Å². The maximum Gasteiger partial charge on any atom is 0.139 e. The van der Waals surface area contributed by atoms with Crippen molar-refractivity contribution in [3.05, 3.63) is 63.1 Å². The third kappa shape index (κ3) is 4.22. The zero-order valence-corrected chi connectivity index (χ0v) is 14.5. The molecular formula is C17H19BrClNO. The third-order valence-electron chi connectivity index (χ3n) is 3.45. The van der Waals surface area contributed by atoms with Crippen molar-refractivity contribution in [2.45, 2.75) is 32.4 Å². The molecule has 0 saturated heterocycles. The van der Waals surface area contributed by atoms with Gasteiger partial charge in [-0.1, -0.05) is 46.6 Å². The fraction of sp³-hybridized carbons (Fsp3) is 0.294. The summed E-state index contributed by atoms with van der Waals surface area (Å²) in [6.45, 7) is 4.10. The lowest BCUT2D eigenvalue weighted by molar-refractivity contribution is 0.171. The molecule has 2 aromatic carbocycles. The Hall–Kier alpha value is -1.03. The number of benzene rings is 2. The van der Waals surface area contributed by atoms with E-state index < -0.39 is 0 Å². The van der Waals surface area contributed by atoms with Crippen molar-refractivity contribution < 1.29 is 4.74 Å². The Bertz CT molecular complexity index is 600. The van der Waals surface area contributed by atoms with Crippen molar-refractivity contribution in [1.82, 2.24) is 0 Å². The molecule has 2 nitrogen and oxygen atoms in total. The molecule has 2 atom stereocenters. The van der Waals surface area contributed by atoms with Crippen LogP contribution >= 0.6 is 27.5 Å². The predicted octanol–water partition coefficient (Wildman–Crippen LogP) is 5.27. The van der Waals surface area contributed by atoms with Crippen LogP contribution in [0.15, 0.2) is 46.9 Å². The number of hydrogen-bond acceptors (Lipinski definition) is 2. The first-order valence-corrected chi connectivity index (χ1v) is 8.12. The number of aryl methyl sites for hydroxylation is 1. The average molecular weight is 369 g/mol. The molecule has 2 rings (SSSR count). The van der Waals surface area contributed by atoms with Gasteiger partial charge in [0.2, 0.25) is 0 Å². The summed E-state index contributed by atoms with van der Waals surface area (Å²) in [4.78, 5) is 0. The maximum absolute atomic E-state index is 6.24. The second kappa shape index (κ2) is 7.30. The van der Waals surface area contributed by atoms with Crippen LogP contribution in [0.5, 0.6) is 5.75 Å². The van der Waals surface area contributed by atoms with E-state index in [9.17, 15) is 0 Å². The summed E-state index contributed by atoms with van der Waals surface area (Å²) in [6.07, 6.45) is 0.649. The maximum atomic E-state index is 6.24. The highest BCUT2D eigenvalue weighted by Crippen LogP contribution is 2.29. The highest BCUT2D eigenvalue weighted by Gasteiger charge is 2.20. The monoisotopic (exact) mass is 367 g/mol. The summed E-state index contributed by atoms with van der Waals surface area (Å²) >= 11 is 9.45. The molecule has 0 heterocycles. The summed E-state index contributed by atoms with van der Waals surface area (Å²) in [5.41, 5.74) is 8.40. The lowest BCUT2D eigenvalue weighted by Crippen LogP contribution is -2.31. The Morgan fingerprint density at radius 3 is 2.43 bits per heavy atom. The van der Waals surface area contributed by atoms with Crippen LogP contribution in [0.2, 0.25) is 5.02 Å². The summed E-state index contributed by atoms with van der Waals surface area (Å²) in [5.74, 6) is 0.819. The van der Waals surface area contributed by atoms with Gasteiger partial charge in [-0.25, -0.2) is 0 Å². The molecule has 2 aromatic rings. The third-order valence-corrected chi connectivity index (χ3v) is 4.59. The molecule has 112 valence electrons. The predicted molar refractivity (Wildman–Crippen MR) is 92.0 cm³/mol. The molecule has 0 aliphatic heterocycles. The number of hydrogen-bond donors (Lipinski definition) is 1. The van der Waals surface area contributed by atoms with Gasteiger partial charge in [0.1, 0.15) is 11.9 Å². The minimum Gasteiger partial charge on any atom is -0.484 e. The van der Waals surface area contributed by atoms with E-state index in [0.29, 0.717) is 5.02 Å². The SMILES string of the molecule is CCC(N)C(Oc1ccc(Br)c(C)c1)c1ccc(Cl)cc1. The summed E-state index contributed by atoms with van der Waals surface area (Å²) in [6, 6.07) is 13.5. The van der Waals surface area contributed by atoms with Crippen molar-refractivity contribution >= 4 is 27.5 Å². The van der Waals surface area contributed by atoms with Gasteiger partial charge in [-0.2, -0.15) is 0 Å². The molecule has 4 heteroatoms. The molecule has 0 aliphatic carbocycles. The van der Waals surface area contributed by atoms with E-state index in [1.54, 1.807) is 0 Å². The number of nitrogens with two attached hydrogens (primary N) is 1. The van der Waals surface area contributed by atoms with Gasteiger partial charge in [0, 0.05) is 15.5 Å². The lowest BCUT2D eigenvalue weighted by Gasteiger charge is -2.25. The second-order valence-corrected chi connectivity index (χ2v) is 6.36.